The van der Waals surface area contributed by atoms with Gasteiger partial charge in [0.25, 0.3) is 0 Å². The molecule has 0 radical (unpaired) electrons. The quantitative estimate of drug-likeness (QED) is 0.858. The molecule has 1 aliphatic rings. The molecular formula is C16H21NO3. The fourth-order valence-electron chi connectivity index (χ4n) is 2.75. The van der Waals surface area contributed by atoms with Crippen molar-refractivity contribution in [1.29, 1.82) is 0 Å². The number of aliphatic carboxylic acids is 1. The maximum Gasteiger partial charge on any atom is 0.328 e. The molecule has 4 nitrogen and oxygen atoms in total. The number of ether oxygens (including phenoxy) is 1. The smallest absolute Gasteiger partial charge is 0.328 e. The van der Waals surface area contributed by atoms with Crippen LogP contribution in [0.5, 0.6) is 0 Å². The van der Waals surface area contributed by atoms with Crippen molar-refractivity contribution in [2.45, 2.75) is 32.4 Å². The lowest BCUT2D eigenvalue weighted by atomic mass is 10.0. The first-order valence-electron chi connectivity index (χ1n) is 6.85. The van der Waals surface area contributed by atoms with Gasteiger partial charge in [0.1, 0.15) is 0 Å². The summed E-state index contributed by atoms with van der Waals surface area (Å²) in [6.07, 6.45) is 4.05. The van der Waals surface area contributed by atoms with Crippen LogP contribution in [-0.2, 0) is 9.53 Å². The number of anilines is 1. The van der Waals surface area contributed by atoms with Gasteiger partial charge in [0.05, 0.1) is 12.1 Å². The molecule has 1 aromatic carbocycles. The fraction of sp³-hybridized carbons (Fsp3) is 0.438. The van der Waals surface area contributed by atoms with Crippen molar-refractivity contribution in [3.8, 4) is 0 Å². The Morgan fingerprint density at radius 2 is 2.25 bits per heavy atom. The average molecular weight is 275 g/mol. The van der Waals surface area contributed by atoms with Crippen molar-refractivity contribution in [2.24, 2.45) is 0 Å². The number of rotatable bonds is 4. The molecule has 108 valence electrons. The van der Waals surface area contributed by atoms with Gasteiger partial charge in [0.2, 0.25) is 0 Å². The van der Waals surface area contributed by atoms with Gasteiger partial charge >= 0.3 is 5.97 Å². The molecule has 4 heteroatoms. The molecule has 20 heavy (non-hydrogen) atoms. The fourth-order valence-corrected chi connectivity index (χ4v) is 2.75. The highest BCUT2D eigenvalue weighted by atomic mass is 16.5. The predicted octanol–water partition coefficient (Wildman–Crippen LogP) is 2.71. The Morgan fingerprint density at radius 3 is 2.80 bits per heavy atom. The maximum atomic E-state index is 10.5. The zero-order chi connectivity index (χ0) is 14.7. The lowest BCUT2D eigenvalue weighted by Crippen LogP contribution is -2.37. The number of carbonyl (C=O) groups is 1. The third-order valence-electron chi connectivity index (χ3n) is 3.85. The van der Waals surface area contributed by atoms with E-state index in [9.17, 15) is 4.79 Å². The van der Waals surface area contributed by atoms with E-state index in [4.69, 9.17) is 9.84 Å². The van der Waals surface area contributed by atoms with Gasteiger partial charge < -0.3 is 14.7 Å². The largest absolute Gasteiger partial charge is 0.478 e. The Morgan fingerprint density at radius 1 is 1.50 bits per heavy atom. The van der Waals surface area contributed by atoms with E-state index in [2.05, 4.69) is 18.9 Å². The molecular weight excluding hydrogens is 254 g/mol. The molecule has 1 saturated heterocycles. The van der Waals surface area contributed by atoms with Gasteiger partial charge in [-0.05, 0) is 49.6 Å². The summed E-state index contributed by atoms with van der Waals surface area (Å²) in [5, 5.41) is 8.65. The molecule has 2 rings (SSSR count). The van der Waals surface area contributed by atoms with Crippen molar-refractivity contribution in [3.63, 3.8) is 0 Å². The summed E-state index contributed by atoms with van der Waals surface area (Å²) in [5.74, 6) is -0.930. The summed E-state index contributed by atoms with van der Waals surface area (Å²) >= 11 is 0. The topological polar surface area (TPSA) is 49.8 Å². The van der Waals surface area contributed by atoms with Crippen LogP contribution in [0.3, 0.4) is 0 Å². The molecule has 0 aromatic heterocycles. The van der Waals surface area contributed by atoms with Gasteiger partial charge in [-0.3, -0.25) is 0 Å². The van der Waals surface area contributed by atoms with Crippen LogP contribution in [0.1, 0.15) is 24.5 Å². The Bertz CT molecular complexity index is 524. The second-order valence-corrected chi connectivity index (χ2v) is 5.26. The molecule has 0 aliphatic carbocycles. The summed E-state index contributed by atoms with van der Waals surface area (Å²) < 4.78 is 5.62. The molecule has 1 heterocycles. The van der Waals surface area contributed by atoms with Crippen LogP contribution in [0.4, 0.5) is 5.69 Å². The molecule has 1 aromatic rings. The van der Waals surface area contributed by atoms with Gasteiger partial charge in [-0.2, -0.15) is 0 Å². The zero-order valence-corrected chi connectivity index (χ0v) is 12.2. The van der Waals surface area contributed by atoms with Gasteiger partial charge in [0.15, 0.2) is 0 Å². The number of hydrogen-bond donors (Lipinski definition) is 1. The molecule has 0 spiro atoms. The first-order valence-corrected chi connectivity index (χ1v) is 6.85. The van der Waals surface area contributed by atoms with Crippen molar-refractivity contribution in [3.05, 3.63) is 35.4 Å². The summed E-state index contributed by atoms with van der Waals surface area (Å²) in [4.78, 5) is 12.8. The number of carboxylic acids is 1. The van der Waals surface area contributed by atoms with E-state index in [1.807, 2.05) is 25.1 Å². The van der Waals surface area contributed by atoms with E-state index in [1.54, 1.807) is 6.08 Å². The van der Waals surface area contributed by atoms with Crippen molar-refractivity contribution in [1.82, 2.24) is 0 Å². The number of hydrogen-bond acceptors (Lipinski definition) is 3. The Labute approximate surface area is 119 Å². The van der Waals surface area contributed by atoms with E-state index in [1.165, 1.54) is 5.69 Å². The Hall–Kier alpha value is -1.81. The third kappa shape index (κ3) is 3.20. The minimum atomic E-state index is -0.930. The van der Waals surface area contributed by atoms with Gasteiger partial charge in [-0.25, -0.2) is 4.79 Å². The monoisotopic (exact) mass is 275 g/mol. The minimum Gasteiger partial charge on any atom is -0.478 e. The summed E-state index contributed by atoms with van der Waals surface area (Å²) in [6, 6.07) is 6.39. The number of benzene rings is 1. The standard InChI is InChI=1S/C16H21NO3/c1-11-10-13(5-7-16(18)19)4-6-14(11)17(3)15-8-9-20-12(15)2/h4-7,10,12,15H,8-9H2,1-3H3,(H,18,19)/b7-5+. The first-order chi connectivity index (χ1) is 9.49. The van der Waals surface area contributed by atoms with E-state index in [0.29, 0.717) is 6.04 Å². The SMILES string of the molecule is Cc1cc(/C=C/C(=O)O)ccc1N(C)C1CCOC1C. The van der Waals surface area contributed by atoms with Crippen LogP contribution in [0, 0.1) is 6.92 Å². The number of aryl methyl sites for hydroxylation is 1. The second-order valence-electron chi connectivity index (χ2n) is 5.26. The van der Waals surface area contributed by atoms with E-state index >= 15 is 0 Å². The highest BCUT2D eigenvalue weighted by molar-refractivity contribution is 5.85. The number of nitrogens with zero attached hydrogens (tertiary/aromatic N) is 1. The average Bonchev–Trinajstić information content (AvgIpc) is 2.82. The van der Waals surface area contributed by atoms with E-state index in [-0.39, 0.29) is 6.10 Å². The first kappa shape index (κ1) is 14.6. The highest BCUT2D eigenvalue weighted by Gasteiger charge is 2.28. The summed E-state index contributed by atoms with van der Waals surface area (Å²) in [7, 11) is 2.09. The Kier molecular flexibility index (Phi) is 4.45. The van der Waals surface area contributed by atoms with Crippen molar-refractivity contribution >= 4 is 17.7 Å². The Balaban J connectivity index is 2.19. The summed E-state index contributed by atoms with van der Waals surface area (Å²) in [5.41, 5.74) is 3.21. The predicted molar refractivity (Wildman–Crippen MR) is 80.1 cm³/mol. The van der Waals surface area contributed by atoms with Gasteiger partial charge in [-0.1, -0.05) is 6.07 Å². The van der Waals surface area contributed by atoms with E-state index in [0.717, 1.165) is 30.2 Å². The molecule has 1 aliphatic heterocycles. The van der Waals surface area contributed by atoms with Crippen LogP contribution < -0.4 is 4.90 Å². The zero-order valence-electron chi connectivity index (χ0n) is 12.2. The normalized spacial score (nSPS) is 22.4. The number of likely N-dealkylation sites (N-methyl/N-ethyl adjacent to an activating group) is 1. The van der Waals surface area contributed by atoms with Crippen LogP contribution >= 0.6 is 0 Å². The van der Waals surface area contributed by atoms with Crippen LogP contribution in [0.25, 0.3) is 6.08 Å². The van der Waals surface area contributed by atoms with Crippen molar-refractivity contribution < 1.29 is 14.6 Å². The molecule has 2 unspecified atom stereocenters. The van der Waals surface area contributed by atoms with Crippen LogP contribution in [0.15, 0.2) is 24.3 Å². The number of carboxylic acid groups (broad SMARTS) is 1. The van der Waals surface area contributed by atoms with Gasteiger partial charge in [-0.15, -0.1) is 0 Å². The van der Waals surface area contributed by atoms with Crippen LogP contribution in [0.2, 0.25) is 0 Å². The second kappa shape index (κ2) is 6.09. The lowest BCUT2D eigenvalue weighted by Gasteiger charge is -2.30. The van der Waals surface area contributed by atoms with E-state index < -0.39 is 5.97 Å². The lowest BCUT2D eigenvalue weighted by molar-refractivity contribution is -0.131. The van der Waals surface area contributed by atoms with Crippen LogP contribution in [-0.4, -0.2) is 36.9 Å². The summed E-state index contributed by atoms with van der Waals surface area (Å²) in [6.45, 7) is 4.96. The minimum absolute atomic E-state index is 0.242. The van der Waals surface area contributed by atoms with Gasteiger partial charge in [0, 0.05) is 25.4 Å². The third-order valence-corrected chi connectivity index (χ3v) is 3.85. The van der Waals surface area contributed by atoms with Crippen molar-refractivity contribution in [2.75, 3.05) is 18.6 Å². The molecule has 1 N–H and O–H groups in total. The molecule has 2 atom stereocenters. The molecule has 0 saturated carbocycles. The maximum absolute atomic E-state index is 10.5. The molecule has 1 fully saturated rings. The molecule has 0 amide bonds. The molecule has 0 bridgehead atoms. The highest BCUT2D eigenvalue weighted by Crippen LogP contribution is 2.27.